The average molecular weight is 590 g/mol. The lowest BCUT2D eigenvalue weighted by Crippen LogP contribution is -2.20. The largest absolute Gasteiger partial charge is 0.469 e. The van der Waals surface area contributed by atoms with Gasteiger partial charge < -0.3 is 29.9 Å². The Labute approximate surface area is 246 Å². The summed E-state index contributed by atoms with van der Waals surface area (Å²) in [5, 5.41) is 43.6. The monoisotopic (exact) mass is 589 g/mol. The lowest BCUT2D eigenvalue weighted by atomic mass is 9.89. The van der Waals surface area contributed by atoms with Gasteiger partial charge in [0.2, 0.25) is 0 Å². The van der Waals surface area contributed by atoms with Gasteiger partial charge in [-0.1, -0.05) is 58.1 Å². The van der Waals surface area contributed by atoms with Crippen LogP contribution in [0.4, 0.5) is 0 Å². The SMILES string of the molecule is COC(=O)CC(O)CC(O)C=Cc1c(C(C)C)nc(C(C)C)c(C=CC(O)CC(O)CC(=O)OC)c1-c1cccs1. The fourth-order valence-electron chi connectivity index (χ4n) is 4.40. The Bertz CT molecular complexity index is 1120. The lowest BCUT2D eigenvalue weighted by molar-refractivity contribution is -0.144. The van der Waals surface area contributed by atoms with Crippen LogP contribution >= 0.6 is 11.3 Å². The highest BCUT2D eigenvalue weighted by Crippen LogP contribution is 2.40. The zero-order valence-electron chi connectivity index (χ0n) is 24.6. The summed E-state index contributed by atoms with van der Waals surface area (Å²) < 4.78 is 9.19. The number of ether oxygens (including phenoxy) is 2. The summed E-state index contributed by atoms with van der Waals surface area (Å²) in [5.41, 5.74) is 4.16. The molecule has 0 aliphatic rings. The third-order valence-corrected chi connectivity index (χ3v) is 7.34. The Morgan fingerprint density at radius 3 is 1.61 bits per heavy atom. The van der Waals surface area contributed by atoms with Gasteiger partial charge in [0, 0.05) is 34.4 Å². The molecule has 9 nitrogen and oxygen atoms in total. The topological polar surface area (TPSA) is 146 Å². The molecule has 2 aromatic heterocycles. The van der Waals surface area contributed by atoms with Crippen LogP contribution in [0.25, 0.3) is 22.6 Å². The van der Waals surface area contributed by atoms with Gasteiger partial charge in [0.1, 0.15) is 0 Å². The van der Waals surface area contributed by atoms with Gasteiger partial charge in [0.15, 0.2) is 0 Å². The van der Waals surface area contributed by atoms with Crippen LogP contribution in [0.5, 0.6) is 0 Å². The number of aliphatic hydroxyl groups excluding tert-OH is 4. The van der Waals surface area contributed by atoms with Crippen molar-refractivity contribution in [1.82, 2.24) is 4.98 Å². The van der Waals surface area contributed by atoms with Crippen molar-refractivity contribution >= 4 is 35.4 Å². The maximum Gasteiger partial charge on any atom is 0.308 e. The van der Waals surface area contributed by atoms with E-state index in [9.17, 15) is 30.0 Å². The number of carbonyl (C=O) groups is 2. The molecule has 0 spiro atoms. The Balaban J connectivity index is 2.58. The zero-order valence-corrected chi connectivity index (χ0v) is 25.4. The molecular formula is C31H43NO8S. The van der Waals surface area contributed by atoms with E-state index in [0.717, 1.165) is 33.0 Å². The summed E-state index contributed by atoms with van der Waals surface area (Å²) in [7, 11) is 2.49. The van der Waals surface area contributed by atoms with Gasteiger partial charge in [-0.05, 0) is 23.3 Å². The number of aromatic nitrogens is 1. The molecule has 0 aliphatic heterocycles. The molecule has 4 N–H and O–H groups in total. The van der Waals surface area contributed by atoms with Crippen molar-refractivity contribution in [2.75, 3.05) is 14.2 Å². The molecule has 2 aromatic rings. The molecule has 2 rings (SSSR count). The summed E-state index contributed by atoms with van der Waals surface area (Å²) >= 11 is 1.55. The van der Waals surface area contributed by atoms with Gasteiger partial charge in [-0.25, -0.2) is 0 Å². The maximum atomic E-state index is 11.5. The van der Waals surface area contributed by atoms with Crippen LogP contribution < -0.4 is 0 Å². The number of hydrogen-bond donors (Lipinski definition) is 4. The minimum atomic E-state index is -1.06. The van der Waals surface area contributed by atoms with E-state index in [2.05, 4.69) is 9.47 Å². The van der Waals surface area contributed by atoms with Crippen LogP contribution in [-0.2, 0) is 19.1 Å². The molecule has 0 saturated heterocycles. The van der Waals surface area contributed by atoms with Crippen LogP contribution in [0.3, 0.4) is 0 Å². The van der Waals surface area contributed by atoms with Crippen LogP contribution in [0, 0.1) is 0 Å². The van der Waals surface area contributed by atoms with Gasteiger partial charge in [0.25, 0.3) is 0 Å². The molecule has 4 atom stereocenters. The first-order valence-corrected chi connectivity index (χ1v) is 14.6. The van der Waals surface area contributed by atoms with E-state index < -0.39 is 36.4 Å². The van der Waals surface area contributed by atoms with Crippen molar-refractivity contribution < 1.29 is 39.5 Å². The minimum absolute atomic E-state index is 0.0404. The predicted molar refractivity (Wildman–Crippen MR) is 160 cm³/mol. The number of thiophene rings is 1. The molecule has 41 heavy (non-hydrogen) atoms. The Kier molecular flexibility index (Phi) is 13.8. The molecule has 0 saturated carbocycles. The average Bonchev–Trinajstić information content (AvgIpc) is 3.44. The second kappa shape index (κ2) is 16.5. The van der Waals surface area contributed by atoms with E-state index in [1.807, 2.05) is 45.2 Å². The summed E-state index contributed by atoms with van der Waals surface area (Å²) in [6, 6.07) is 3.94. The van der Waals surface area contributed by atoms with Crippen molar-refractivity contribution in [2.24, 2.45) is 0 Å². The molecule has 0 bridgehead atoms. The van der Waals surface area contributed by atoms with Gasteiger partial charge in [-0.2, -0.15) is 0 Å². The van der Waals surface area contributed by atoms with E-state index in [1.54, 1.807) is 35.6 Å². The maximum absolute atomic E-state index is 11.5. The van der Waals surface area contributed by atoms with E-state index in [4.69, 9.17) is 4.98 Å². The highest BCUT2D eigenvalue weighted by molar-refractivity contribution is 7.13. The summed E-state index contributed by atoms with van der Waals surface area (Å²) in [6.07, 6.45) is 2.10. The van der Waals surface area contributed by atoms with Crippen molar-refractivity contribution in [3.63, 3.8) is 0 Å². The standard InChI is InChI=1S/C31H43NO8S/c1-18(2)30-24(11-9-20(33)14-22(35)16-27(37)39-5)29(26-8-7-13-41-26)25(31(32-30)19(3)4)12-10-21(34)15-23(36)17-28(38)40-6/h7-13,18-23,33-36H,14-17H2,1-6H3. The highest BCUT2D eigenvalue weighted by atomic mass is 32.1. The summed E-state index contributed by atoms with van der Waals surface area (Å²) in [5.74, 6) is -1.02. The number of pyridine rings is 1. The Morgan fingerprint density at radius 2 is 1.27 bits per heavy atom. The fourth-order valence-corrected chi connectivity index (χ4v) is 5.20. The number of rotatable bonds is 15. The molecule has 2 heterocycles. The van der Waals surface area contributed by atoms with Crippen LogP contribution in [-0.4, -0.2) is 76.0 Å². The first kappa shape index (κ1) is 34.3. The normalized spacial score (nSPS) is 15.0. The number of hydrogen-bond acceptors (Lipinski definition) is 10. The molecule has 0 aromatic carbocycles. The van der Waals surface area contributed by atoms with Crippen molar-refractivity contribution in [3.8, 4) is 10.4 Å². The fraction of sp³-hybridized carbons (Fsp3) is 0.516. The third-order valence-electron chi connectivity index (χ3n) is 6.45. The first-order chi connectivity index (χ1) is 19.4. The second-order valence-electron chi connectivity index (χ2n) is 10.6. The first-order valence-electron chi connectivity index (χ1n) is 13.7. The number of esters is 2. The Hall–Kier alpha value is -2.89. The molecule has 0 fully saturated rings. The lowest BCUT2D eigenvalue weighted by Gasteiger charge is -2.22. The van der Waals surface area contributed by atoms with Crippen molar-refractivity contribution in [3.05, 3.63) is 52.2 Å². The number of methoxy groups -OCH3 is 2. The summed E-state index contributed by atoms with van der Waals surface area (Å²) in [4.78, 5) is 29.0. The second-order valence-corrected chi connectivity index (χ2v) is 11.5. The van der Waals surface area contributed by atoms with Gasteiger partial charge >= 0.3 is 11.9 Å². The van der Waals surface area contributed by atoms with E-state index in [1.165, 1.54) is 14.2 Å². The molecule has 0 radical (unpaired) electrons. The van der Waals surface area contributed by atoms with Gasteiger partial charge in [-0.3, -0.25) is 14.6 Å². The molecule has 0 aliphatic carbocycles. The smallest absolute Gasteiger partial charge is 0.308 e. The van der Waals surface area contributed by atoms with Crippen molar-refractivity contribution in [1.29, 1.82) is 0 Å². The summed E-state index contributed by atoms with van der Waals surface area (Å²) in [6.45, 7) is 8.17. The predicted octanol–water partition coefficient (Wildman–Crippen LogP) is 4.43. The molecule has 10 heteroatoms. The number of carbonyl (C=O) groups excluding carboxylic acids is 2. The molecule has 4 unspecified atom stereocenters. The van der Waals surface area contributed by atoms with Crippen LogP contribution in [0.2, 0.25) is 0 Å². The van der Waals surface area contributed by atoms with E-state index >= 15 is 0 Å². The Morgan fingerprint density at radius 1 is 0.829 bits per heavy atom. The van der Waals surface area contributed by atoms with Crippen LogP contribution in [0.15, 0.2) is 29.7 Å². The molecular weight excluding hydrogens is 546 g/mol. The molecule has 0 amide bonds. The molecule has 226 valence electrons. The number of nitrogens with zero attached hydrogens (tertiary/aromatic N) is 1. The van der Waals surface area contributed by atoms with Crippen LogP contribution in [0.1, 0.15) is 87.7 Å². The van der Waals surface area contributed by atoms with E-state index in [0.29, 0.717) is 0 Å². The quantitative estimate of drug-likeness (QED) is 0.222. The zero-order chi connectivity index (χ0) is 30.7. The van der Waals surface area contributed by atoms with Gasteiger partial charge in [-0.15, -0.1) is 11.3 Å². The van der Waals surface area contributed by atoms with E-state index in [-0.39, 0.29) is 37.5 Å². The van der Waals surface area contributed by atoms with Gasteiger partial charge in [0.05, 0.1) is 62.9 Å². The highest BCUT2D eigenvalue weighted by Gasteiger charge is 2.23. The third kappa shape index (κ3) is 10.5. The van der Waals surface area contributed by atoms with Crippen molar-refractivity contribution in [2.45, 2.75) is 89.6 Å². The number of aliphatic hydroxyl groups is 4. The minimum Gasteiger partial charge on any atom is -0.469 e.